The van der Waals surface area contributed by atoms with Crippen LogP contribution in [-0.2, 0) is 27.2 Å². The summed E-state index contributed by atoms with van der Waals surface area (Å²) >= 11 is 0. The van der Waals surface area contributed by atoms with E-state index in [1.807, 2.05) is 18.2 Å². The van der Waals surface area contributed by atoms with Crippen LogP contribution in [0.15, 0.2) is 18.2 Å². The van der Waals surface area contributed by atoms with Gasteiger partial charge in [-0.25, -0.2) is 0 Å². The molecule has 0 aliphatic carbocycles. The summed E-state index contributed by atoms with van der Waals surface area (Å²) in [6.45, 7) is -2.07. The number of fused-ring (bicyclic) bond motifs is 1. The molecule has 0 unspecified atom stereocenters. The number of likely N-dealkylation sites (tertiary alicyclic amines) is 1. The van der Waals surface area contributed by atoms with Gasteiger partial charge in [-0.3, -0.25) is 9.59 Å². The predicted octanol–water partition coefficient (Wildman–Crippen LogP) is 2.34. The third-order valence-corrected chi connectivity index (χ3v) is 4.44. The fraction of sp³-hybridized carbons (Fsp3) is 0.529. The molecule has 1 aromatic carbocycles. The van der Waals surface area contributed by atoms with E-state index in [1.165, 1.54) is 0 Å². The van der Waals surface area contributed by atoms with Crippen LogP contribution in [0.5, 0.6) is 0 Å². The Morgan fingerprint density at radius 1 is 1.42 bits per heavy atom. The number of rotatable bonds is 6. The van der Waals surface area contributed by atoms with Crippen LogP contribution in [0.4, 0.5) is 14.5 Å². The van der Waals surface area contributed by atoms with E-state index >= 15 is 0 Å². The molecule has 0 saturated carbocycles. The molecule has 0 radical (unpaired) electrons. The number of hydrogen-bond acceptors (Lipinski definition) is 3. The molecule has 1 aromatic rings. The van der Waals surface area contributed by atoms with E-state index in [-0.39, 0.29) is 18.4 Å². The van der Waals surface area contributed by atoms with Crippen molar-refractivity contribution in [3.8, 4) is 0 Å². The van der Waals surface area contributed by atoms with Crippen molar-refractivity contribution in [3.05, 3.63) is 29.3 Å². The largest absolute Gasteiger partial charge is 0.345 e. The van der Waals surface area contributed by atoms with Crippen molar-refractivity contribution < 1.29 is 23.1 Å². The lowest BCUT2D eigenvalue weighted by Gasteiger charge is -2.16. The molecule has 24 heavy (non-hydrogen) atoms. The Hall–Kier alpha value is -2.02. The third kappa shape index (κ3) is 4.08. The van der Waals surface area contributed by atoms with E-state index in [2.05, 4.69) is 10.1 Å². The van der Waals surface area contributed by atoms with Crippen LogP contribution in [0.2, 0.25) is 0 Å². The van der Waals surface area contributed by atoms with Crippen molar-refractivity contribution in [3.63, 3.8) is 0 Å². The number of amides is 2. The molecule has 5 nitrogen and oxygen atoms in total. The fourth-order valence-electron chi connectivity index (χ4n) is 3.25. The molecule has 1 saturated heterocycles. The van der Waals surface area contributed by atoms with Crippen molar-refractivity contribution in [2.45, 2.75) is 44.8 Å². The van der Waals surface area contributed by atoms with Gasteiger partial charge >= 0.3 is 6.61 Å². The van der Waals surface area contributed by atoms with E-state index in [0.717, 1.165) is 23.2 Å². The Bertz CT molecular complexity index is 636. The van der Waals surface area contributed by atoms with Gasteiger partial charge in [0.1, 0.15) is 0 Å². The minimum Gasteiger partial charge on any atom is -0.340 e. The van der Waals surface area contributed by atoms with Gasteiger partial charge in [-0.05, 0) is 36.5 Å². The second kappa shape index (κ2) is 7.25. The molecule has 7 heteroatoms. The van der Waals surface area contributed by atoms with Crippen molar-refractivity contribution in [2.24, 2.45) is 0 Å². The van der Waals surface area contributed by atoms with Gasteiger partial charge < -0.3 is 15.0 Å². The zero-order valence-corrected chi connectivity index (χ0v) is 13.3. The third-order valence-electron chi connectivity index (χ3n) is 4.44. The molecule has 3 rings (SSSR count). The van der Waals surface area contributed by atoms with E-state index in [0.29, 0.717) is 32.2 Å². The minimum absolute atomic E-state index is 0.00642. The van der Waals surface area contributed by atoms with Crippen molar-refractivity contribution in [1.82, 2.24) is 4.90 Å². The first kappa shape index (κ1) is 16.8. The van der Waals surface area contributed by atoms with E-state index in [1.54, 1.807) is 4.90 Å². The topological polar surface area (TPSA) is 58.6 Å². The van der Waals surface area contributed by atoms with Crippen molar-refractivity contribution >= 4 is 17.5 Å². The summed E-state index contributed by atoms with van der Waals surface area (Å²) in [6, 6.07) is 5.85. The van der Waals surface area contributed by atoms with E-state index < -0.39 is 12.7 Å². The number of hydrogen-bond donors (Lipinski definition) is 1. The highest BCUT2D eigenvalue weighted by Gasteiger charge is 2.28. The van der Waals surface area contributed by atoms with Crippen LogP contribution in [0.1, 0.15) is 30.4 Å². The predicted molar refractivity (Wildman–Crippen MR) is 83.8 cm³/mol. The summed E-state index contributed by atoms with van der Waals surface area (Å²) in [5.41, 5.74) is 2.95. The van der Waals surface area contributed by atoms with Crippen LogP contribution >= 0.6 is 0 Å². The number of halogens is 2. The lowest BCUT2D eigenvalue weighted by molar-refractivity contribution is -0.160. The monoisotopic (exact) mass is 338 g/mol. The molecule has 130 valence electrons. The maximum atomic E-state index is 12.2. The smallest absolute Gasteiger partial charge is 0.340 e. The average Bonchev–Trinajstić information content (AvgIpc) is 3.11. The molecule has 2 heterocycles. The second-order valence-electron chi connectivity index (χ2n) is 6.22. The Labute approximate surface area is 139 Å². The zero-order valence-electron chi connectivity index (χ0n) is 13.3. The first-order valence-corrected chi connectivity index (χ1v) is 8.14. The Balaban J connectivity index is 1.43. The molecule has 0 spiro atoms. The Morgan fingerprint density at radius 3 is 3.04 bits per heavy atom. The van der Waals surface area contributed by atoms with Gasteiger partial charge in [-0.2, -0.15) is 8.78 Å². The fourth-order valence-corrected chi connectivity index (χ4v) is 3.25. The standard InChI is InChI=1S/C17H20F2N2O3/c18-17(19)24-13-6-7-21(10-13)16(23)3-1-2-11-4-5-14-12(8-11)9-15(22)20-14/h4-5,8,13,17H,1-3,6-7,9-10H2,(H,20,22)/t13-/m0/s1. The lowest BCUT2D eigenvalue weighted by Crippen LogP contribution is -2.30. The van der Waals surface area contributed by atoms with Gasteiger partial charge in [0, 0.05) is 25.2 Å². The number of ether oxygens (including phenoxy) is 1. The molecular formula is C17H20F2N2O3. The number of carbonyl (C=O) groups excluding carboxylic acids is 2. The average molecular weight is 338 g/mol. The summed E-state index contributed by atoms with van der Waals surface area (Å²) in [4.78, 5) is 25.1. The number of nitrogens with one attached hydrogen (secondary N) is 1. The van der Waals surface area contributed by atoms with Crippen molar-refractivity contribution in [1.29, 1.82) is 0 Å². The molecule has 1 fully saturated rings. The van der Waals surface area contributed by atoms with Crippen molar-refractivity contribution in [2.75, 3.05) is 18.4 Å². The minimum atomic E-state index is -2.79. The first-order valence-electron chi connectivity index (χ1n) is 8.14. The van der Waals surface area contributed by atoms with Gasteiger partial charge in [0.2, 0.25) is 11.8 Å². The summed E-state index contributed by atoms with van der Waals surface area (Å²) in [6.07, 6.45) is 2.13. The number of nitrogens with zero attached hydrogens (tertiary/aromatic N) is 1. The van der Waals surface area contributed by atoms with Crippen LogP contribution in [-0.4, -0.2) is 42.5 Å². The molecule has 1 atom stereocenters. The maximum Gasteiger partial charge on any atom is 0.345 e. The summed E-state index contributed by atoms with van der Waals surface area (Å²) < 4.78 is 28.8. The van der Waals surface area contributed by atoms with Gasteiger partial charge in [0.15, 0.2) is 0 Å². The number of alkyl halides is 2. The number of anilines is 1. The van der Waals surface area contributed by atoms with Gasteiger partial charge in [0.25, 0.3) is 0 Å². The van der Waals surface area contributed by atoms with Gasteiger partial charge in [-0.1, -0.05) is 12.1 Å². The maximum absolute atomic E-state index is 12.2. The summed E-state index contributed by atoms with van der Waals surface area (Å²) in [5, 5.41) is 2.79. The Kier molecular flexibility index (Phi) is 5.08. The number of benzene rings is 1. The molecular weight excluding hydrogens is 318 g/mol. The van der Waals surface area contributed by atoms with E-state index in [4.69, 9.17) is 0 Å². The normalized spacial score (nSPS) is 19.7. The van der Waals surface area contributed by atoms with Crippen LogP contribution in [0.25, 0.3) is 0 Å². The summed E-state index contributed by atoms with van der Waals surface area (Å²) in [5.74, 6) is -0.0136. The van der Waals surface area contributed by atoms with Gasteiger partial charge in [0.05, 0.1) is 12.5 Å². The highest BCUT2D eigenvalue weighted by molar-refractivity contribution is 5.99. The molecule has 0 bridgehead atoms. The lowest BCUT2D eigenvalue weighted by atomic mass is 10.0. The highest BCUT2D eigenvalue weighted by Crippen LogP contribution is 2.24. The van der Waals surface area contributed by atoms with Gasteiger partial charge in [-0.15, -0.1) is 0 Å². The summed E-state index contributed by atoms with van der Waals surface area (Å²) in [7, 11) is 0. The van der Waals surface area contributed by atoms with Crippen LogP contribution in [0.3, 0.4) is 0 Å². The highest BCUT2D eigenvalue weighted by atomic mass is 19.3. The first-order chi connectivity index (χ1) is 11.5. The Morgan fingerprint density at radius 2 is 2.25 bits per heavy atom. The molecule has 2 aliphatic rings. The number of aryl methyl sites for hydroxylation is 1. The molecule has 1 N–H and O–H groups in total. The number of carbonyl (C=O) groups is 2. The van der Waals surface area contributed by atoms with Crippen LogP contribution < -0.4 is 5.32 Å². The molecule has 0 aromatic heterocycles. The second-order valence-corrected chi connectivity index (χ2v) is 6.22. The molecule has 2 amide bonds. The quantitative estimate of drug-likeness (QED) is 0.866. The molecule has 2 aliphatic heterocycles. The SMILES string of the molecule is O=C1Cc2cc(CCCC(=O)N3CC[C@H](OC(F)F)C3)ccc2N1. The van der Waals surface area contributed by atoms with E-state index in [9.17, 15) is 18.4 Å². The van der Waals surface area contributed by atoms with Crippen LogP contribution in [0, 0.1) is 0 Å². The zero-order chi connectivity index (χ0) is 17.1.